The van der Waals surface area contributed by atoms with Gasteiger partial charge in [0.25, 0.3) is 0 Å². The summed E-state index contributed by atoms with van der Waals surface area (Å²) in [5.74, 6) is 0.697. The number of nitrogens with zero attached hydrogens (tertiary/aromatic N) is 6. The normalized spacial score (nSPS) is 12.0. The summed E-state index contributed by atoms with van der Waals surface area (Å²) in [5.41, 5.74) is 4.69. The van der Waals surface area contributed by atoms with E-state index in [2.05, 4.69) is 42.5 Å². The quantitative estimate of drug-likeness (QED) is 0.467. The van der Waals surface area contributed by atoms with Crippen LogP contribution in [-0.2, 0) is 6.54 Å². The van der Waals surface area contributed by atoms with Crippen LogP contribution in [0.25, 0.3) is 38.8 Å². The van der Waals surface area contributed by atoms with Crippen molar-refractivity contribution in [3.63, 3.8) is 0 Å². The van der Waals surface area contributed by atoms with Crippen LogP contribution in [0.5, 0.6) is 5.75 Å². The highest BCUT2D eigenvalue weighted by Crippen LogP contribution is 2.35. The van der Waals surface area contributed by atoms with E-state index in [1.54, 1.807) is 10.8 Å². The zero-order valence-electron chi connectivity index (χ0n) is 18.3. The van der Waals surface area contributed by atoms with Gasteiger partial charge in [-0.05, 0) is 57.9 Å². The van der Waals surface area contributed by atoms with Crippen molar-refractivity contribution in [3.05, 3.63) is 54.0 Å². The Morgan fingerprint density at radius 2 is 1.84 bits per heavy atom. The third kappa shape index (κ3) is 3.13. The Hall–Kier alpha value is -3.45. The molecular weight excluding hydrogens is 388 g/mol. The average Bonchev–Trinajstić information content (AvgIpc) is 3.28. The Labute approximate surface area is 180 Å². The molecule has 158 valence electrons. The highest BCUT2D eigenvalue weighted by atomic mass is 16.3. The van der Waals surface area contributed by atoms with Crippen LogP contribution in [0.1, 0.15) is 17.7 Å². The summed E-state index contributed by atoms with van der Waals surface area (Å²) in [7, 11) is 4.18. The summed E-state index contributed by atoms with van der Waals surface area (Å²) in [6, 6.07) is 11.6. The van der Waals surface area contributed by atoms with Crippen LogP contribution in [0.4, 0.5) is 0 Å². The molecule has 5 rings (SSSR count). The maximum Gasteiger partial charge on any atom is 0.185 e. The second-order valence-corrected chi connectivity index (χ2v) is 8.35. The van der Waals surface area contributed by atoms with Crippen molar-refractivity contribution in [1.82, 2.24) is 29.0 Å². The SMILES string of the molecule is Cc1c(C)n(CCCN(C)C)c2ncn3nc(-c4ccc5ccccc5c4O)nc3c12. The molecule has 0 aliphatic rings. The van der Waals surface area contributed by atoms with Gasteiger partial charge in [0, 0.05) is 17.6 Å². The number of hydrogen-bond donors (Lipinski definition) is 1. The van der Waals surface area contributed by atoms with Gasteiger partial charge in [-0.3, -0.25) is 0 Å². The van der Waals surface area contributed by atoms with E-state index in [1.165, 1.54) is 11.3 Å². The molecule has 3 aromatic heterocycles. The molecule has 0 spiro atoms. The van der Waals surface area contributed by atoms with Crippen molar-refractivity contribution in [1.29, 1.82) is 0 Å². The maximum absolute atomic E-state index is 10.9. The van der Waals surface area contributed by atoms with Gasteiger partial charge in [-0.15, -0.1) is 5.10 Å². The van der Waals surface area contributed by atoms with Gasteiger partial charge in [0.05, 0.1) is 10.9 Å². The van der Waals surface area contributed by atoms with E-state index in [-0.39, 0.29) is 5.75 Å². The first kappa shape index (κ1) is 19.5. The number of benzene rings is 2. The molecule has 3 heterocycles. The van der Waals surface area contributed by atoms with Gasteiger partial charge in [0.1, 0.15) is 17.7 Å². The van der Waals surface area contributed by atoms with Gasteiger partial charge in [-0.25, -0.2) is 14.5 Å². The molecule has 0 aliphatic heterocycles. The summed E-state index contributed by atoms with van der Waals surface area (Å²) < 4.78 is 3.99. The number of phenolic OH excluding ortho intramolecular Hbond substituents is 1. The van der Waals surface area contributed by atoms with Crippen LogP contribution >= 0.6 is 0 Å². The number of hydrogen-bond acceptors (Lipinski definition) is 5. The highest BCUT2D eigenvalue weighted by Gasteiger charge is 2.19. The van der Waals surface area contributed by atoms with Crippen LogP contribution < -0.4 is 0 Å². The lowest BCUT2D eigenvalue weighted by atomic mass is 10.1. The Balaban J connectivity index is 1.65. The van der Waals surface area contributed by atoms with E-state index < -0.39 is 0 Å². The number of aromatic nitrogens is 5. The molecule has 7 heteroatoms. The molecule has 0 saturated heterocycles. The molecule has 0 atom stereocenters. The largest absolute Gasteiger partial charge is 0.507 e. The molecule has 0 aliphatic carbocycles. The van der Waals surface area contributed by atoms with Crippen LogP contribution in [0.3, 0.4) is 0 Å². The molecule has 1 N–H and O–H groups in total. The number of aromatic hydroxyl groups is 1. The molecule has 0 fully saturated rings. The minimum absolute atomic E-state index is 0.201. The highest BCUT2D eigenvalue weighted by molar-refractivity contribution is 5.96. The van der Waals surface area contributed by atoms with Crippen molar-refractivity contribution in [2.75, 3.05) is 20.6 Å². The summed E-state index contributed by atoms with van der Waals surface area (Å²) >= 11 is 0. The fourth-order valence-electron chi connectivity index (χ4n) is 4.30. The minimum Gasteiger partial charge on any atom is -0.507 e. The van der Waals surface area contributed by atoms with Gasteiger partial charge in [0.2, 0.25) is 0 Å². The standard InChI is InChI=1S/C24H26N6O/c1-15-16(2)29(13-7-12-28(3)4)23-20(15)24-26-22(27-30(24)14-25-23)19-11-10-17-8-5-6-9-18(17)21(19)31/h5-6,8-11,14,31H,7,12-13H2,1-4H3. The van der Waals surface area contributed by atoms with E-state index in [0.29, 0.717) is 11.4 Å². The predicted molar refractivity (Wildman–Crippen MR) is 124 cm³/mol. The van der Waals surface area contributed by atoms with Crippen molar-refractivity contribution in [2.24, 2.45) is 0 Å². The molecule has 0 saturated carbocycles. The van der Waals surface area contributed by atoms with Gasteiger partial charge in [0.15, 0.2) is 11.5 Å². The lowest BCUT2D eigenvalue weighted by Crippen LogP contribution is -2.15. The average molecular weight is 415 g/mol. The summed E-state index contributed by atoms with van der Waals surface area (Å²) in [6.07, 6.45) is 2.76. The van der Waals surface area contributed by atoms with E-state index in [1.807, 2.05) is 36.4 Å². The molecule has 0 unspecified atom stereocenters. The van der Waals surface area contributed by atoms with Gasteiger partial charge < -0.3 is 14.6 Å². The second-order valence-electron chi connectivity index (χ2n) is 8.35. The van der Waals surface area contributed by atoms with Crippen LogP contribution in [0.2, 0.25) is 0 Å². The minimum atomic E-state index is 0.201. The zero-order valence-corrected chi connectivity index (χ0v) is 18.3. The van der Waals surface area contributed by atoms with Gasteiger partial charge >= 0.3 is 0 Å². The van der Waals surface area contributed by atoms with E-state index in [4.69, 9.17) is 9.97 Å². The van der Waals surface area contributed by atoms with Crippen molar-refractivity contribution in [2.45, 2.75) is 26.8 Å². The molecule has 31 heavy (non-hydrogen) atoms. The Bertz CT molecular complexity index is 1430. The number of fused-ring (bicyclic) bond motifs is 4. The van der Waals surface area contributed by atoms with E-state index >= 15 is 0 Å². The zero-order chi connectivity index (χ0) is 21.7. The summed E-state index contributed by atoms with van der Waals surface area (Å²) in [5, 5.41) is 18.3. The monoisotopic (exact) mass is 414 g/mol. The van der Waals surface area contributed by atoms with Crippen LogP contribution in [0, 0.1) is 13.8 Å². The maximum atomic E-state index is 10.9. The fraction of sp³-hybridized carbons (Fsp3) is 0.292. The topological polar surface area (TPSA) is 71.5 Å². The number of rotatable bonds is 5. The Kier molecular flexibility index (Phi) is 4.63. The predicted octanol–water partition coefficient (Wildman–Crippen LogP) is 4.17. The lowest BCUT2D eigenvalue weighted by molar-refractivity contribution is 0.387. The third-order valence-electron chi connectivity index (χ3n) is 6.07. The Morgan fingerprint density at radius 3 is 2.65 bits per heavy atom. The molecular formula is C24H26N6O. The molecule has 7 nitrogen and oxygen atoms in total. The van der Waals surface area contributed by atoms with Gasteiger partial charge in [-0.2, -0.15) is 0 Å². The first-order valence-corrected chi connectivity index (χ1v) is 10.5. The first-order valence-electron chi connectivity index (χ1n) is 10.5. The summed E-state index contributed by atoms with van der Waals surface area (Å²) in [4.78, 5) is 11.7. The van der Waals surface area contributed by atoms with Crippen molar-refractivity contribution < 1.29 is 5.11 Å². The first-order chi connectivity index (χ1) is 15.0. The molecule has 0 amide bonds. The molecule has 0 radical (unpaired) electrons. The van der Waals surface area contributed by atoms with E-state index in [9.17, 15) is 5.11 Å². The smallest absolute Gasteiger partial charge is 0.185 e. The second kappa shape index (κ2) is 7.35. The van der Waals surface area contributed by atoms with Crippen molar-refractivity contribution in [3.8, 4) is 17.1 Å². The van der Waals surface area contributed by atoms with Crippen molar-refractivity contribution >= 4 is 27.5 Å². The fourth-order valence-corrected chi connectivity index (χ4v) is 4.30. The van der Waals surface area contributed by atoms with Crippen LogP contribution in [-0.4, -0.2) is 54.8 Å². The van der Waals surface area contributed by atoms with Gasteiger partial charge in [-0.1, -0.05) is 30.3 Å². The number of phenols is 1. The third-order valence-corrected chi connectivity index (χ3v) is 6.07. The molecule has 5 aromatic rings. The lowest BCUT2D eigenvalue weighted by Gasteiger charge is -2.11. The molecule has 0 bridgehead atoms. The molecule has 2 aromatic carbocycles. The van der Waals surface area contributed by atoms with Crippen LogP contribution in [0.15, 0.2) is 42.7 Å². The summed E-state index contributed by atoms with van der Waals surface area (Å²) in [6.45, 7) is 6.18. The van der Waals surface area contributed by atoms with E-state index in [0.717, 1.165) is 47.0 Å². The number of aryl methyl sites for hydroxylation is 2. The Morgan fingerprint density at radius 1 is 1.03 bits per heavy atom.